The Kier molecular flexibility index (Phi) is 12.7. The van der Waals surface area contributed by atoms with Crippen molar-refractivity contribution in [1.82, 2.24) is 4.72 Å². The van der Waals surface area contributed by atoms with Crippen LogP contribution in [0.1, 0.15) is 104 Å². The molecule has 0 aliphatic carbocycles. The third kappa shape index (κ3) is 9.61. The first-order valence-electron chi connectivity index (χ1n) is 9.68. The van der Waals surface area contributed by atoms with Crippen LogP contribution in [0, 0.1) is 0 Å². The smallest absolute Gasteiger partial charge is 0.0246 e. The van der Waals surface area contributed by atoms with Crippen molar-refractivity contribution < 1.29 is 0 Å². The quantitative estimate of drug-likeness (QED) is 0.262. The minimum absolute atomic E-state index is 1.24. The molecule has 0 bridgehead atoms. The van der Waals surface area contributed by atoms with Gasteiger partial charge in [-0.3, -0.25) is 0 Å². The number of rotatable bonds is 14. The van der Waals surface area contributed by atoms with Crippen LogP contribution in [0.4, 0.5) is 0 Å². The standard InChI is InChI=1S/C20H37NS/c1-3-5-7-9-11-13-15-19-17-18-22-21-20(19)16-14-12-10-8-6-4-2/h17-18,21H,3-16H2,1-2H3. The van der Waals surface area contributed by atoms with Crippen LogP contribution in [0.3, 0.4) is 0 Å². The SMILES string of the molecule is CCCCCCCCC1=C(CCCCCCCC)NSC=C1. The first-order chi connectivity index (χ1) is 10.9. The average molecular weight is 324 g/mol. The lowest BCUT2D eigenvalue weighted by Gasteiger charge is -2.17. The molecule has 1 nitrogen and oxygen atoms in total. The summed E-state index contributed by atoms with van der Waals surface area (Å²) in [6.45, 7) is 4.57. The molecule has 2 heteroatoms. The summed E-state index contributed by atoms with van der Waals surface area (Å²) in [6, 6.07) is 0. The molecule has 0 unspecified atom stereocenters. The van der Waals surface area contributed by atoms with E-state index in [2.05, 4.69) is 30.1 Å². The highest BCUT2D eigenvalue weighted by atomic mass is 32.2. The highest BCUT2D eigenvalue weighted by molar-refractivity contribution is 8.00. The topological polar surface area (TPSA) is 12.0 Å². The fourth-order valence-corrected chi connectivity index (χ4v) is 3.69. The second-order valence-corrected chi connectivity index (χ2v) is 7.27. The molecule has 0 fully saturated rings. The molecule has 0 saturated heterocycles. The molecular weight excluding hydrogens is 286 g/mol. The van der Waals surface area contributed by atoms with Crippen LogP contribution in [0.15, 0.2) is 22.8 Å². The lowest BCUT2D eigenvalue weighted by atomic mass is 10.0. The highest BCUT2D eigenvalue weighted by Crippen LogP contribution is 2.25. The van der Waals surface area contributed by atoms with E-state index >= 15 is 0 Å². The number of allylic oxidation sites excluding steroid dienone is 3. The van der Waals surface area contributed by atoms with Gasteiger partial charge in [0.05, 0.1) is 0 Å². The van der Waals surface area contributed by atoms with Crippen molar-refractivity contribution >= 4 is 11.9 Å². The summed E-state index contributed by atoms with van der Waals surface area (Å²) in [4.78, 5) is 0. The van der Waals surface area contributed by atoms with Crippen molar-refractivity contribution in [3.63, 3.8) is 0 Å². The predicted octanol–water partition coefficient (Wildman–Crippen LogP) is 7.51. The third-order valence-corrected chi connectivity index (χ3v) is 5.12. The van der Waals surface area contributed by atoms with E-state index in [0.29, 0.717) is 0 Å². The van der Waals surface area contributed by atoms with Crippen molar-refractivity contribution in [3.8, 4) is 0 Å². The summed E-state index contributed by atoms with van der Waals surface area (Å²) in [5.74, 6) is 0. The Morgan fingerprint density at radius 2 is 1.27 bits per heavy atom. The Bertz CT molecular complexity index is 320. The summed E-state index contributed by atoms with van der Waals surface area (Å²) >= 11 is 1.74. The minimum Gasteiger partial charge on any atom is -0.330 e. The first-order valence-corrected chi connectivity index (χ1v) is 10.6. The summed E-state index contributed by atoms with van der Waals surface area (Å²) in [5, 5.41) is 2.21. The maximum atomic E-state index is 3.54. The van der Waals surface area contributed by atoms with Crippen molar-refractivity contribution in [1.29, 1.82) is 0 Å². The van der Waals surface area contributed by atoms with Crippen LogP contribution in [-0.4, -0.2) is 0 Å². The second kappa shape index (κ2) is 14.2. The molecule has 1 rings (SSSR count). The Labute approximate surface area is 143 Å². The molecule has 1 aliphatic rings. The van der Waals surface area contributed by atoms with Crippen molar-refractivity contribution in [2.24, 2.45) is 0 Å². The molecule has 0 spiro atoms. The maximum Gasteiger partial charge on any atom is 0.0246 e. The average Bonchev–Trinajstić information content (AvgIpc) is 2.55. The zero-order valence-electron chi connectivity index (χ0n) is 15.0. The number of nitrogens with one attached hydrogen (secondary N) is 1. The zero-order valence-corrected chi connectivity index (χ0v) is 15.8. The second-order valence-electron chi connectivity index (χ2n) is 6.56. The normalized spacial score (nSPS) is 14.5. The minimum atomic E-state index is 1.24. The molecule has 1 heterocycles. The van der Waals surface area contributed by atoms with Crippen LogP contribution in [0.2, 0.25) is 0 Å². The van der Waals surface area contributed by atoms with Crippen molar-refractivity contribution in [2.75, 3.05) is 0 Å². The van der Waals surface area contributed by atoms with Gasteiger partial charge < -0.3 is 4.72 Å². The van der Waals surface area contributed by atoms with E-state index in [1.807, 2.05) is 0 Å². The van der Waals surface area contributed by atoms with Crippen molar-refractivity contribution in [3.05, 3.63) is 22.8 Å². The van der Waals surface area contributed by atoms with Gasteiger partial charge in [0.2, 0.25) is 0 Å². The Balaban J connectivity index is 2.18. The molecule has 0 aromatic heterocycles. The van der Waals surface area contributed by atoms with Gasteiger partial charge in [0.25, 0.3) is 0 Å². The van der Waals surface area contributed by atoms with Crippen LogP contribution < -0.4 is 4.72 Å². The molecule has 0 aromatic rings. The van der Waals surface area contributed by atoms with Gasteiger partial charge in [-0.15, -0.1) is 0 Å². The molecule has 22 heavy (non-hydrogen) atoms. The van der Waals surface area contributed by atoms with Crippen LogP contribution >= 0.6 is 11.9 Å². The van der Waals surface area contributed by atoms with Crippen LogP contribution in [0.5, 0.6) is 0 Å². The summed E-state index contributed by atoms with van der Waals surface area (Å²) in [6.07, 6.45) is 21.5. The lowest BCUT2D eigenvalue weighted by Crippen LogP contribution is -2.09. The van der Waals surface area contributed by atoms with Gasteiger partial charge in [-0.05, 0) is 54.7 Å². The third-order valence-electron chi connectivity index (χ3n) is 4.49. The van der Waals surface area contributed by atoms with Gasteiger partial charge in [0.1, 0.15) is 0 Å². The molecule has 1 aliphatic heterocycles. The lowest BCUT2D eigenvalue weighted by molar-refractivity contribution is 0.596. The van der Waals surface area contributed by atoms with Gasteiger partial charge in [0, 0.05) is 5.70 Å². The van der Waals surface area contributed by atoms with E-state index < -0.39 is 0 Å². The monoisotopic (exact) mass is 323 g/mol. The fraction of sp³-hybridized carbons (Fsp3) is 0.800. The molecular formula is C20H37NS. The first kappa shape index (κ1) is 19.7. The zero-order chi connectivity index (χ0) is 15.9. The van der Waals surface area contributed by atoms with Crippen LogP contribution in [0.25, 0.3) is 0 Å². The van der Waals surface area contributed by atoms with Gasteiger partial charge in [0.15, 0.2) is 0 Å². The molecule has 0 amide bonds. The highest BCUT2D eigenvalue weighted by Gasteiger charge is 2.08. The number of hydrogen-bond donors (Lipinski definition) is 1. The van der Waals surface area contributed by atoms with E-state index in [0.717, 1.165) is 0 Å². The Morgan fingerprint density at radius 3 is 1.91 bits per heavy atom. The van der Waals surface area contributed by atoms with E-state index in [1.54, 1.807) is 17.5 Å². The van der Waals surface area contributed by atoms with E-state index in [9.17, 15) is 0 Å². The summed E-state index contributed by atoms with van der Waals surface area (Å²) in [5.41, 5.74) is 3.08. The van der Waals surface area contributed by atoms with Crippen molar-refractivity contribution in [2.45, 2.75) is 104 Å². The van der Waals surface area contributed by atoms with E-state index in [-0.39, 0.29) is 0 Å². The van der Waals surface area contributed by atoms with Gasteiger partial charge in [-0.25, -0.2) is 0 Å². The molecule has 0 saturated carbocycles. The van der Waals surface area contributed by atoms with Gasteiger partial charge >= 0.3 is 0 Å². The van der Waals surface area contributed by atoms with Gasteiger partial charge in [-0.1, -0.05) is 78.1 Å². The molecule has 0 atom stereocenters. The van der Waals surface area contributed by atoms with Gasteiger partial charge in [-0.2, -0.15) is 0 Å². The fourth-order valence-electron chi connectivity index (χ4n) is 3.01. The molecule has 0 aromatic carbocycles. The predicted molar refractivity (Wildman–Crippen MR) is 103 cm³/mol. The summed E-state index contributed by atoms with van der Waals surface area (Å²) < 4.78 is 3.54. The Hall–Kier alpha value is -0.370. The van der Waals surface area contributed by atoms with E-state index in [4.69, 9.17) is 0 Å². The maximum absolute atomic E-state index is 3.54. The molecule has 0 radical (unpaired) electrons. The summed E-state index contributed by atoms with van der Waals surface area (Å²) in [7, 11) is 0. The molecule has 128 valence electrons. The Morgan fingerprint density at radius 1 is 0.727 bits per heavy atom. The number of unbranched alkanes of at least 4 members (excludes halogenated alkanes) is 10. The van der Waals surface area contributed by atoms with E-state index in [1.165, 1.54) is 95.6 Å². The number of hydrogen-bond acceptors (Lipinski definition) is 2. The van der Waals surface area contributed by atoms with Crippen LogP contribution in [-0.2, 0) is 0 Å². The molecule has 1 N–H and O–H groups in total. The largest absolute Gasteiger partial charge is 0.330 e.